The number of ketones is 1. The summed E-state index contributed by atoms with van der Waals surface area (Å²) in [5.74, 6) is -2.13. The molecule has 1 unspecified atom stereocenters. The van der Waals surface area contributed by atoms with Gasteiger partial charge in [0.05, 0.1) is 5.54 Å². The molecule has 7 heteroatoms. The van der Waals surface area contributed by atoms with Gasteiger partial charge in [0, 0.05) is 25.9 Å². The molecule has 0 spiro atoms. The molecular formula is C19H24N2O5. The van der Waals surface area contributed by atoms with Crippen molar-refractivity contribution in [1.29, 1.82) is 0 Å². The predicted octanol–water partition coefficient (Wildman–Crippen LogP) is 2.23. The second-order valence-corrected chi connectivity index (χ2v) is 7.16. The number of aryl methyl sites for hydroxylation is 1. The average Bonchev–Trinajstić information content (AvgIpc) is 2.71. The van der Waals surface area contributed by atoms with Crippen molar-refractivity contribution in [3.63, 3.8) is 0 Å². The van der Waals surface area contributed by atoms with Crippen molar-refractivity contribution in [2.45, 2.75) is 37.8 Å². The average molecular weight is 360 g/mol. The van der Waals surface area contributed by atoms with Crippen molar-refractivity contribution < 1.29 is 24.6 Å². The maximum Gasteiger partial charge on any atom is 0.409 e. The second kappa shape index (κ2) is 6.82. The van der Waals surface area contributed by atoms with Gasteiger partial charge in [0.2, 0.25) is 5.54 Å². The molecule has 1 heterocycles. The van der Waals surface area contributed by atoms with Gasteiger partial charge >= 0.3 is 12.1 Å². The molecule has 0 bridgehead atoms. The van der Waals surface area contributed by atoms with E-state index in [2.05, 4.69) is 0 Å². The van der Waals surface area contributed by atoms with Crippen molar-refractivity contribution in [1.82, 2.24) is 9.80 Å². The number of Topliss-reactive ketones (excluding diaryl/α,β-unsaturated/α-hetero) is 1. The van der Waals surface area contributed by atoms with Crippen LogP contribution in [0.2, 0.25) is 0 Å². The van der Waals surface area contributed by atoms with E-state index < -0.39 is 28.9 Å². The molecule has 140 valence electrons. The van der Waals surface area contributed by atoms with Gasteiger partial charge in [-0.15, -0.1) is 0 Å². The van der Waals surface area contributed by atoms with E-state index in [4.69, 9.17) is 0 Å². The zero-order valence-corrected chi connectivity index (χ0v) is 15.4. The van der Waals surface area contributed by atoms with Gasteiger partial charge in [-0.1, -0.05) is 30.3 Å². The Hall–Kier alpha value is -2.83. The molecular weight excluding hydrogens is 336 g/mol. The summed E-state index contributed by atoms with van der Waals surface area (Å²) in [5.41, 5.74) is -2.40. The maximum absolute atomic E-state index is 13.2. The smallest absolute Gasteiger partial charge is 0.409 e. The molecule has 1 aliphatic heterocycles. The van der Waals surface area contributed by atoms with E-state index in [0.29, 0.717) is 0 Å². The minimum absolute atomic E-state index is 0.133. The molecule has 0 aromatic heterocycles. The van der Waals surface area contributed by atoms with Crippen LogP contribution in [-0.2, 0) is 16.0 Å². The Labute approximate surface area is 152 Å². The van der Waals surface area contributed by atoms with E-state index in [9.17, 15) is 24.6 Å². The number of nitrogens with zero attached hydrogens (tertiary/aromatic N) is 2. The van der Waals surface area contributed by atoms with Gasteiger partial charge < -0.3 is 15.1 Å². The quantitative estimate of drug-likeness (QED) is 0.617. The van der Waals surface area contributed by atoms with Crippen molar-refractivity contribution >= 4 is 17.8 Å². The SMILES string of the molecule is CN(C)C=C1C(=O)C(CCc2ccccc2)(C(=O)O)N(C(=O)O)C1(C)C. The Morgan fingerprint density at radius 1 is 1.15 bits per heavy atom. The zero-order valence-electron chi connectivity index (χ0n) is 15.4. The van der Waals surface area contributed by atoms with E-state index in [0.717, 1.165) is 10.5 Å². The van der Waals surface area contributed by atoms with Crippen LogP contribution in [-0.4, -0.2) is 63.0 Å². The van der Waals surface area contributed by atoms with Crippen LogP contribution in [0.5, 0.6) is 0 Å². The Kier molecular flexibility index (Phi) is 5.11. The number of benzene rings is 1. The lowest BCUT2D eigenvalue weighted by atomic mass is 9.86. The molecule has 1 aromatic carbocycles. The van der Waals surface area contributed by atoms with Gasteiger partial charge in [-0.3, -0.25) is 9.69 Å². The number of aliphatic carboxylic acids is 1. The van der Waals surface area contributed by atoms with Crippen LogP contribution >= 0.6 is 0 Å². The fraction of sp³-hybridized carbons (Fsp3) is 0.421. The number of carbonyl (C=O) groups is 3. The lowest BCUT2D eigenvalue weighted by molar-refractivity contribution is -0.154. The number of rotatable bonds is 5. The zero-order chi connectivity index (χ0) is 19.7. The summed E-state index contributed by atoms with van der Waals surface area (Å²) in [5, 5.41) is 19.7. The van der Waals surface area contributed by atoms with E-state index >= 15 is 0 Å². The number of amides is 1. The molecule has 0 radical (unpaired) electrons. The van der Waals surface area contributed by atoms with E-state index in [1.807, 2.05) is 30.3 Å². The van der Waals surface area contributed by atoms with E-state index in [1.54, 1.807) is 32.8 Å². The minimum atomic E-state index is -2.15. The third kappa shape index (κ3) is 3.05. The van der Waals surface area contributed by atoms with Crippen LogP contribution in [0.25, 0.3) is 0 Å². The molecule has 2 N–H and O–H groups in total. The third-order valence-electron chi connectivity index (χ3n) is 4.77. The number of carboxylic acids is 1. The molecule has 1 saturated heterocycles. The monoisotopic (exact) mass is 360 g/mol. The second-order valence-electron chi connectivity index (χ2n) is 7.16. The standard InChI is InChI=1S/C19H24N2O5/c1-18(2)14(12-20(3)4)15(22)19(16(23)24,21(18)17(25)26)11-10-13-8-6-5-7-9-13/h5-9,12H,10-11H2,1-4H3,(H,23,24)(H,25,26). The topological polar surface area (TPSA) is 98.2 Å². The summed E-state index contributed by atoms with van der Waals surface area (Å²) in [6.07, 6.45) is 0.214. The highest BCUT2D eigenvalue weighted by molar-refractivity contribution is 6.21. The first-order valence-electron chi connectivity index (χ1n) is 8.29. The molecule has 2 rings (SSSR count). The molecule has 1 atom stereocenters. The Morgan fingerprint density at radius 2 is 1.73 bits per heavy atom. The third-order valence-corrected chi connectivity index (χ3v) is 4.77. The van der Waals surface area contributed by atoms with Crippen LogP contribution in [0.1, 0.15) is 25.8 Å². The van der Waals surface area contributed by atoms with Gasteiger partial charge in [-0.05, 0) is 32.3 Å². The lowest BCUT2D eigenvalue weighted by Crippen LogP contribution is -2.61. The van der Waals surface area contributed by atoms with Crippen molar-refractivity contribution in [2.75, 3.05) is 14.1 Å². The first kappa shape index (κ1) is 19.5. The molecule has 1 amide bonds. The lowest BCUT2D eigenvalue weighted by Gasteiger charge is -2.38. The van der Waals surface area contributed by atoms with Gasteiger partial charge in [0.25, 0.3) is 0 Å². The molecule has 26 heavy (non-hydrogen) atoms. The fourth-order valence-corrected chi connectivity index (χ4v) is 3.57. The number of hydrogen-bond acceptors (Lipinski definition) is 4. The number of carbonyl (C=O) groups excluding carboxylic acids is 1. The van der Waals surface area contributed by atoms with E-state index in [1.165, 1.54) is 6.20 Å². The Bertz CT molecular complexity index is 754. The normalized spacial score (nSPS) is 23.3. The number of hydrogen-bond donors (Lipinski definition) is 2. The van der Waals surface area contributed by atoms with Crippen LogP contribution in [0.15, 0.2) is 42.1 Å². The number of likely N-dealkylation sites (tertiary alicyclic amines) is 1. The molecule has 0 saturated carbocycles. The van der Waals surface area contributed by atoms with Gasteiger partial charge in [-0.2, -0.15) is 0 Å². The van der Waals surface area contributed by atoms with Crippen molar-refractivity contribution in [3.8, 4) is 0 Å². The molecule has 1 fully saturated rings. The molecule has 0 aliphatic carbocycles. The highest BCUT2D eigenvalue weighted by Crippen LogP contribution is 2.45. The highest BCUT2D eigenvalue weighted by atomic mass is 16.4. The van der Waals surface area contributed by atoms with Crippen LogP contribution < -0.4 is 0 Å². The Morgan fingerprint density at radius 3 is 2.19 bits per heavy atom. The number of carboxylic acid groups (broad SMARTS) is 2. The van der Waals surface area contributed by atoms with E-state index in [-0.39, 0.29) is 18.4 Å². The summed E-state index contributed by atoms with van der Waals surface area (Å²) in [4.78, 5) is 39.8. The summed E-state index contributed by atoms with van der Waals surface area (Å²) in [7, 11) is 3.40. The maximum atomic E-state index is 13.2. The van der Waals surface area contributed by atoms with Crippen molar-refractivity contribution in [3.05, 3.63) is 47.7 Å². The van der Waals surface area contributed by atoms with Crippen molar-refractivity contribution in [2.24, 2.45) is 0 Å². The Balaban J connectivity index is 2.58. The highest BCUT2D eigenvalue weighted by Gasteiger charge is 2.66. The summed E-state index contributed by atoms with van der Waals surface area (Å²) in [6, 6.07) is 9.11. The largest absolute Gasteiger partial charge is 0.479 e. The first-order valence-corrected chi connectivity index (χ1v) is 8.29. The van der Waals surface area contributed by atoms with Gasteiger partial charge in [0.15, 0.2) is 5.78 Å². The van der Waals surface area contributed by atoms with Gasteiger partial charge in [0.1, 0.15) is 0 Å². The minimum Gasteiger partial charge on any atom is -0.479 e. The summed E-state index contributed by atoms with van der Waals surface area (Å²) < 4.78 is 0. The van der Waals surface area contributed by atoms with Crippen LogP contribution in [0, 0.1) is 0 Å². The molecule has 1 aliphatic rings. The van der Waals surface area contributed by atoms with Crippen LogP contribution in [0.4, 0.5) is 4.79 Å². The van der Waals surface area contributed by atoms with Gasteiger partial charge in [-0.25, -0.2) is 9.59 Å². The van der Waals surface area contributed by atoms with Crippen LogP contribution in [0.3, 0.4) is 0 Å². The molecule has 7 nitrogen and oxygen atoms in total. The molecule has 1 aromatic rings. The first-order chi connectivity index (χ1) is 12.0. The summed E-state index contributed by atoms with van der Waals surface area (Å²) in [6.45, 7) is 3.11. The summed E-state index contributed by atoms with van der Waals surface area (Å²) >= 11 is 0. The predicted molar refractivity (Wildman–Crippen MR) is 95.8 cm³/mol. The fourth-order valence-electron chi connectivity index (χ4n) is 3.57.